The lowest BCUT2D eigenvalue weighted by molar-refractivity contribution is -0.138. The van der Waals surface area contributed by atoms with Crippen molar-refractivity contribution in [1.29, 1.82) is 0 Å². The zero-order chi connectivity index (χ0) is 26.5. The van der Waals surface area contributed by atoms with E-state index >= 15 is 0 Å². The van der Waals surface area contributed by atoms with Crippen LogP contribution < -0.4 is 24.8 Å². The Balaban J connectivity index is 1.50. The minimum Gasteiger partial charge on any atom is -0.497 e. The van der Waals surface area contributed by atoms with Gasteiger partial charge < -0.3 is 29.7 Å². The highest BCUT2D eigenvalue weighted by atomic mass is 16.5. The van der Waals surface area contributed by atoms with Crippen LogP contribution >= 0.6 is 0 Å². The molecule has 0 saturated heterocycles. The third kappa shape index (κ3) is 6.14. The molecule has 8 heteroatoms. The van der Waals surface area contributed by atoms with Crippen LogP contribution in [0.25, 0.3) is 0 Å². The average Bonchev–Trinajstić information content (AvgIpc) is 3.00. The zero-order valence-corrected chi connectivity index (χ0v) is 21.8. The van der Waals surface area contributed by atoms with E-state index in [1.165, 1.54) is 5.56 Å². The first-order chi connectivity index (χ1) is 17.8. The van der Waals surface area contributed by atoms with E-state index < -0.39 is 6.10 Å². The van der Waals surface area contributed by atoms with Crippen molar-refractivity contribution in [3.63, 3.8) is 0 Å². The van der Waals surface area contributed by atoms with Crippen molar-refractivity contribution in [3.05, 3.63) is 77.4 Å². The Morgan fingerprint density at radius 1 is 1.00 bits per heavy atom. The molecule has 1 atom stereocenters. The van der Waals surface area contributed by atoms with Gasteiger partial charge in [0.25, 0.3) is 5.91 Å². The number of hydrogen-bond acceptors (Lipinski definition) is 5. The third-order valence-corrected chi connectivity index (χ3v) is 6.33. The van der Waals surface area contributed by atoms with E-state index in [0.29, 0.717) is 47.6 Å². The number of nitrogens with one attached hydrogen (secondary N) is 2. The molecule has 8 nitrogen and oxygen atoms in total. The largest absolute Gasteiger partial charge is 0.497 e. The summed E-state index contributed by atoms with van der Waals surface area (Å²) in [6, 6.07) is 18.3. The van der Waals surface area contributed by atoms with E-state index in [2.05, 4.69) is 24.5 Å². The van der Waals surface area contributed by atoms with E-state index in [0.717, 1.165) is 11.1 Å². The number of benzene rings is 3. The number of ether oxygens (including phenoxy) is 3. The van der Waals surface area contributed by atoms with Crippen molar-refractivity contribution in [2.24, 2.45) is 0 Å². The molecule has 2 N–H and O–H groups in total. The quantitative estimate of drug-likeness (QED) is 0.427. The number of carbonyl (C=O) groups is 2. The molecule has 3 amide bonds. The van der Waals surface area contributed by atoms with Crippen LogP contribution in [-0.2, 0) is 17.9 Å². The second-order valence-corrected chi connectivity index (χ2v) is 9.31. The van der Waals surface area contributed by atoms with Crippen LogP contribution in [0, 0.1) is 0 Å². The number of hydrogen-bond donors (Lipinski definition) is 2. The first kappa shape index (κ1) is 25.9. The molecular formula is C29H33N3O5. The summed E-state index contributed by atoms with van der Waals surface area (Å²) in [6.07, 6.45) is -0.651. The third-order valence-electron chi connectivity index (χ3n) is 6.33. The molecule has 0 fully saturated rings. The number of amides is 3. The fourth-order valence-corrected chi connectivity index (χ4v) is 4.24. The number of urea groups is 1. The molecule has 0 saturated carbocycles. The van der Waals surface area contributed by atoms with Gasteiger partial charge in [0.15, 0.2) is 6.10 Å². The molecule has 0 bridgehead atoms. The number of nitrogens with zero attached hydrogens (tertiary/aromatic N) is 1. The number of methoxy groups -OCH3 is 2. The second kappa shape index (κ2) is 11.2. The molecule has 0 unspecified atom stereocenters. The van der Waals surface area contributed by atoms with Gasteiger partial charge in [-0.2, -0.15) is 0 Å². The predicted octanol–water partition coefficient (Wildman–Crippen LogP) is 5.78. The topological polar surface area (TPSA) is 89.1 Å². The molecule has 0 aliphatic carbocycles. The number of carbonyl (C=O) groups excluding carboxylic acids is 2. The fraction of sp³-hybridized carbons (Fsp3) is 0.310. The Hall–Kier alpha value is -4.20. The van der Waals surface area contributed by atoms with Gasteiger partial charge in [-0.25, -0.2) is 4.79 Å². The SMILES string of the molecule is COc1ccc(CN2Cc3cc(NC(=O)Nc4ccc(C(C)C)cc4)ccc3O[C@@H](C)C2=O)c(OC)c1. The lowest BCUT2D eigenvalue weighted by atomic mass is 10.0. The highest BCUT2D eigenvalue weighted by Gasteiger charge is 2.29. The standard InChI is InChI=1S/C29H33N3O5/c1-18(2)20-6-9-23(10-7-20)30-29(34)31-24-11-13-26-22(14-24)17-32(28(33)19(3)37-26)16-21-8-12-25(35-4)15-27(21)36-5/h6-15,18-19H,16-17H2,1-5H3,(H2,30,31,34)/t19-/m0/s1. The highest BCUT2D eigenvalue weighted by molar-refractivity contribution is 5.99. The minimum atomic E-state index is -0.651. The van der Waals surface area contributed by atoms with E-state index in [1.807, 2.05) is 42.5 Å². The van der Waals surface area contributed by atoms with Crippen molar-refractivity contribution in [2.45, 2.75) is 45.9 Å². The number of fused-ring (bicyclic) bond motifs is 1. The van der Waals surface area contributed by atoms with Crippen LogP contribution in [0.15, 0.2) is 60.7 Å². The van der Waals surface area contributed by atoms with E-state index in [9.17, 15) is 9.59 Å². The van der Waals surface area contributed by atoms with Crippen LogP contribution in [0.5, 0.6) is 17.2 Å². The van der Waals surface area contributed by atoms with E-state index in [-0.39, 0.29) is 11.9 Å². The summed E-state index contributed by atoms with van der Waals surface area (Å²) in [5.74, 6) is 2.21. The summed E-state index contributed by atoms with van der Waals surface area (Å²) >= 11 is 0. The Morgan fingerprint density at radius 2 is 1.70 bits per heavy atom. The molecule has 1 aliphatic heterocycles. The number of anilines is 2. The van der Waals surface area contributed by atoms with E-state index in [1.54, 1.807) is 44.2 Å². The van der Waals surface area contributed by atoms with Gasteiger partial charge in [-0.3, -0.25) is 4.79 Å². The molecule has 4 rings (SSSR count). The van der Waals surface area contributed by atoms with Gasteiger partial charge in [0, 0.05) is 41.7 Å². The number of rotatable bonds is 7. The molecule has 37 heavy (non-hydrogen) atoms. The van der Waals surface area contributed by atoms with Crippen LogP contribution in [0.2, 0.25) is 0 Å². The first-order valence-corrected chi connectivity index (χ1v) is 12.2. The van der Waals surface area contributed by atoms with Gasteiger partial charge in [0.1, 0.15) is 17.2 Å². The van der Waals surface area contributed by atoms with Gasteiger partial charge in [-0.1, -0.05) is 26.0 Å². The summed E-state index contributed by atoms with van der Waals surface area (Å²) in [6.45, 7) is 6.64. The van der Waals surface area contributed by atoms with Crippen molar-refractivity contribution < 1.29 is 23.8 Å². The lowest BCUT2D eigenvalue weighted by Gasteiger charge is -2.23. The van der Waals surface area contributed by atoms with Crippen molar-refractivity contribution in [2.75, 3.05) is 24.9 Å². The molecule has 1 heterocycles. The molecule has 0 spiro atoms. The Bertz CT molecular complexity index is 1270. The molecule has 0 aromatic heterocycles. The fourth-order valence-electron chi connectivity index (χ4n) is 4.24. The zero-order valence-electron chi connectivity index (χ0n) is 21.8. The predicted molar refractivity (Wildman–Crippen MR) is 144 cm³/mol. The summed E-state index contributed by atoms with van der Waals surface area (Å²) in [5.41, 5.74) is 4.16. The van der Waals surface area contributed by atoms with Gasteiger partial charge in [-0.05, 0) is 60.9 Å². The van der Waals surface area contributed by atoms with Crippen LogP contribution in [0.1, 0.15) is 43.4 Å². The first-order valence-electron chi connectivity index (χ1n) is 12.2. The summed E-state index contributed by atoms with van der Waals surface area (Å²) in [7, 11) is 3.18. The van der Waals surface area contributed by atoms with Gasteiger partial charge in [-0.15, -0.1) is 0 Å². The maximum atomic E-state index is 13.1. The molecule has 3 aromatic carbocycles. The lowest BCUT2D eigenvalue weighted by Crippen LogP contribution is -2.37. The second-order valence-electron chi connectivity index (χ2n) is 9.31. The molecule has 194 valence electrons. The maximum Gasteiger partial charge on any atom is 0.323 e. The Morgan fingerprint density at radius 3 is 2.38 bits per heavy atom. The monoisotopic (exact) mass is 503 g/mol. The van der Waals surface area contributed by atoms with Crippen LogP contribution in [0.3, 0.4) is 0 Å². The highest BCUT2D eigenvalue weighted by Crippen LogP contribution is 2.32. The summed E-state index contributed by atoms with van der Waals surface area (Å²) in [4.78, 5) is 27.5. The Kier molecular flexibility index (Phi) is 7.86. The van der Waals surface area contributed by atoms with Gasteiger partial charge >= 0.3 is 6.03 Å². The average molecular weight is 504 g/mol. The molecule has 1 aliphatic rings. The van der Waals surface area contributed by atoms with Crippen molar-refractivity contribution in [1.82, 2.24) is 4.90 Å². The maximum absolute atomic E-state index is 13.1. The van der Waals surface area contributed by atoms with Crippen molar-refractivity contribution in [3.8, 4) is 17.2 Å². The summed E-state index contributed by atoms with van der Waals surface area (Å²) < 4.78 is 16.7. The van der Waals surface area contributed by atoms with Crippen LogP contribution in [0.4, 0.5) is 16.2 Å². The van der Waals surface area contributed by atoms with Gasteiger partial charge in [0.2, 0.25) is 0 Å². The van der Waals surface area contributed by atoms with Gasteiger partial charge in [0.05, 0.1) is 14.2 Å². The minimum absolute atomic E-state index is 0.133. The molecule has 3 aromatic rings. The normalized spacial score (nSPS) is 14.9. The molecular weight excluding hydrogens is 470 g/mol. The molecule has 0 radical (unpaired) electrons. The Labute approximate surface area is 217 Å². The van der Waals surface area contributed by atoms with Crippen LogP contribution in [-0.4, -0.2) is 37.2 Å². The van der Waals surface area contributed by atoms with E-state index in [4.69, 9.17) is 14.2 Å². The van der Waals surface area contributed by atoms with Crippen molar-refractivity contribution >= 4 is 23.3 Å². The smallest absolute Gasteiger partial charge is 0.323 e. The summed E-state index contributed by atoms with van der Waals surface area (Å²) in [5, 5.41) is 5.73.